The number of hydrogen-bond acceptors (Lipinski definition) is 6. The van der Waals surface area contributed by atoms with Crippen LogP contribution < -0.4 is 5.32 Å². The van der Waals surface area contributed by atoms with E-state index >= 15 is 0 Å². The average Bonchev–Trinajstić information content (AvgIpc) is 3.21. The molecule has 1 aromatic heterocycles. The SMILES string of the molecule is CC(C)(C)OC(=O)NCC1CCN(C(=O)CCCc2nnc(-c3ccccc3)o2)CC1. The number of benzene rings is 1. The van der Waals surface area contributed by atoms with Gasteiger partial charge in [-0.05, 0) is 58.1 Å². The van der Waals surface area contributed by atoms with Gasteiger partial charge in [0.05, 0.1) is 0 Å². The number of rotatable bonds is 7. The second-order valence-corrected chi connectivity index (χ2v) is 8.93. The maximum Gasteiger partial charge on any atom is 0.407 e. The molecule has 1 aliphatic heterocycles. The van der Waals surface area contributed by atoms with Crippen LogP contribution in [-0.2, 0) is 16.0 Å². The summed E-state index contributed by atoms with van der Waals surface area (Å²) in [6, 6.07) is 9.64. The maximum absolute atomic E-state index is 12.5. The van der Waals surface area contributed by atoms with Crippen LogP contribution in [0, 0.1) is 5.92 Å². The van der Waals surface area contributed by atoms with Crippen LogP contribution in [0.5, 0.6) is 0 Å². The Morgan fingerprint density at radius 2 is 1.87 bits per heavy atom. The van der Waals surface area contributed by atoms with Crippen LogP contribution in [0.25, 0.3) is 11.5 Å². The van der Waals surface area contributed by atoms with Gasteiger partial charge in [-0.2, -0.15) is 0 Å². The molecule has 2 heterocycles. The smallest absolute Gasteiger partial charge is 0.407 e. The van der Waals surface area contributed by atoms with Crippen LogP contribution in [0.3, 0.4) is 0 Å². The number of aryl methyl sites for hydroxylation is 1. The number of amides is 2. The highest BCUT2D eigenvalue weighted by molar-refractivity contribution is 5.76. The molecule has 0 saturated carbocycles. The van der Waals surface area contributed by atoms with Gasteiger partial charge in [0.2, 0.25) is 17.7 Å². The first-order valence-corrected chi connectivity index (χ1v) is 10.9. The Morgan fingerprint density at radius 3 is 2.55 bits per heavy atom. The van der Waals surface area contributed by atoms with E-state index in [1.807, 2.05) is 56.0 Å². The average molecular weight is 429 g/mol. The molecular weight excluding hydrogens is 396 g/mol. The summed E-state index contributed by atoms with van der Waals surface area (Å²) < 4.78 is 11.0. The number of aromatic nitrogens is 2. The molecule has 1 N–H and O–H groups in total. The van der Waals surface area contributed by atoms with E-state index in [1.165, 1.54) is 0 Å². The molecule has 0 bridgehead atoms. The molecular formula is C23H32N4O4. The van der Waals surface area contributed by atoms with E-state index in [-0.39, 0.29) is 12.0 Å². The predicted molar refractivity (Wildman–Crippen MR) is 116 cm³/mol. The normalized spacial score (nSPS) is 15.0. The van der Waals surface area contributed by atoms with Crippen molar-refractivity contribution in [1.29, 1.82) is 0 Å². The van der Waals surface area contributed by atoms with Gasteiger partial charge in [-0.25, -0.2) is 4.79 Å². The van der Waals surface area contributed by atoms with Gasteiger partial charge in [0.1, 0.15) is 5.60 Å². The van der Waals surface area contributed by atoms with Crippen molar-refractivity contribution in [3.8, 4) is 11.5 Å². The summed E-state index contributed by atoms with van der Waals surface area (Å²) in [4.78, 5) is 26.2. The van der Waals surface area contributed by atoms with E-state index in [1.54, 1.807) is 0 Å². The molecule has 8 nitrogen and oxygen atoms in total. The third kappa shape index (κ3) is 7.38. The highest BCUT2D eigenvalue weighted by Crippen LogP contribution is 2.20. The molecule has 0 aliphatic carbocycles. The van der Waals surface area contributed by atoms with Crippen molar-refractivity contribution in [2.45, 2.75) is 58.5 Å². The molecule has 2 amide bonds. The Balaban J connectivity index is 1.33. The van der Waals surface area contributed by atoms with Crippen molar-refractivity contribution >= 4 is 12.0 Å². The van der Waals surface area contributed by atoms with Gasteiger partial charge in [0.15, 0.2) is 0 Å². The molecule has 1 aliphatic rings. The third-order valence-electron chi connectivity index (χ3n) is 5.17. The van der Waals surface area contributed by atoms with Crippen molar-refractivity contribution in [3.63, 3.8) is 0 Å². The third-order valence-corrected chi connectivity index (χ3v) is 5.17. The van der Waals surface area contributed by atoms with Gasteiger partial charge < -0.3 is 19.4 Å². The fourth-order valence-corrected chi connectivity index (χ4v) is 3.53. The monoisotopic (exact) mass is 428 g/mol. The number of nitrogens with zero attached hydrogens (tertiary/aromatic N) is 3. The molecule has 3 rings (SSSR count). The topological polar surface area (TPSA) is 97.6 Å². The van der Waals surface area contributed by atoms with Crippen molar-refractivity contribution in [2.75, 3.05) is 19.6 Å². The lowest BCUT2D eigenvalue weighted by molar-refractivity contribution is -0.132. The Kier molecular flexibility index (Phi) is 7.65. The van der Waals surface area contributed by atoms with Gasteiger partial charge in [-0.1, -0.05) is 18.2 Å². The number of piperidine rings is 1. The summed E-state index contributed by atoms with van der Waals surface area (Å²) in [5, 5.41) is 11.0. The first-order chi connectivity index (χ1) is 14.8. The summed E-state index contributed by atoms with van der Waals surface area (Å²) in [6.45, 7) is 7.56. The van der Waals surface area contributed by atoms with Gasteiger partial charge in [0, 0.05) is 38.0 Å². The maximum atomic E-state index is 12.5. The lowest BCUT2D eigenvalue weighted by atomic mass is 9.96. The summed E-state index contributed by atoms with van der Waals surface area (Å²) >= 11 is 0. The highest BCUT2D eigenvalue weighted by Gasteiger charge is 2.24. The summed E-state index contributed by atoms with van der Waals surface area (Å²) in [6.07, 6.45) is 3.10. The van der Waals surface area contributed by atoms with Crippen LogP contribution in [0.15, 0.2) is 34.7 Å². The zero-order valence-electron chi connectivity index (χ0n) is 18.6. The standard InChI is InChI=1S/C23H32N4O4/c1-23(2,3)31-22(29)24-16-17-12-14-27(15-13-17)20(28)11-7-10-19-25-26-21(30-19)18-8-5-4-6-9-18/h4-6,8-9,17H,7,10-16H2,1-3H3,(H,24,29). The quantitative estimate of drug-likeness (QED) is 0.720. The molecule has 168 valence electrons. The molecule has 1 fully saturated rings. The minimum atomic E-state index is -0.496. The highest BCUT2D eigenvalue weighted by atomic mass is 16.6. The molecule has 0 radical (unpaired) electrons. The van der Waals surface area contributed by atoms with E-state index in [2.05, 4.69) is 15.5 Å². The molecule has 1 saturated heterocycles. The molecule has 0 spiro atoms. The Morgan fingerprint density at radius 1 is 1.16 bits per heavy atom. The molecule has 1 aromatic carbocycles. The summed E-state index contributed by atoms with van der Waals surface area (Å²) in [5.74, 6) is 1.58. The first-order valence-electron chi connectivity index (χ1n) is 10.9. The zero-order chi connectivity index (χ0) is 22.3. The molecule has 2 aromatic rings. The van der Waals surface area contributed by atoms with Gasteiger partial charge >= 0.3 is 6.09 Å². The second-order valence-electron chi connectivity index (χ2n) is 8.93. The minimum absolute atomic E-state index is 0.154. The van der Waals surface area contributed by atoms with Crippen molar-refractivity contribution < 1.29 is 18.7 Å². The van der Waals surface area contributed by atoms with Gasteiger partial charge in [-0.15, -0.1) is 10.2 Å². The van der Waals surface area contributed by atoms with Crippen LogP contribution in [0.4, 0.5) is 4.79 Å². The zero-order valence-corrected chi connectivity index (χ0v) is 18.6. The van der Waals surface area contributed by atoms with E-state index in [9.17, 15) is 9.59 Å². The number of carbonyl (C=O) groups is 2. The lowest BCUT2D eigenvalue weighted by Crippen LogP contribution is -2.42. The number of hydrogen-bond donors (Lipinski definition) is 1. The Bertz CT molecular complexity index is 852. The van der Waals surface area contributed by atoms with Gasteiger partial charge in [-0.3, -0.25) is 4.79 Å². The molecule has 8 heteroatoms. The summed E-state index contributed by atoms with van der Waals surface area (Å²) in [7, 11) is 0. The largest absolute Gasteiger partial charge is 0.444 e. The summed E-state index contributed by atoms with van der Waals surface area (Å²) in [5.41, 5.74) is 0.394. The predicted octanol–water partition coefficient (Wildman–Crippen LogP) is 3.82. The van der Waals surface area contributed by atoms with Crippen molar-refractivity contribution in [1.82, 2.24) is 20.4 Å². The van der Waals surface area contributed by atoms with Crippen LogP contribution in [-0.4, -0.2) is 52.3 Å². The number of alkyl carbamates (subject to hydrolysis) is 1. The van der Waals surface area contributed by atoms with Crippen LogP contribution in [0.1, 0.15) is 52.3 Å². The number of ether oxygens (including phenoxy) is 1. The van der Waals surface area contributed by atoms with E-state index in [0.717, 1.165) is 31.5 Å². The Labute approximate surface area is 183 Å². The number of likely N-dealkylation sites (tertiary alicyclic amines) is 1. The van der Waals surface area contributed by atoms with Crippen molar-refractivity contribution in [2.24, 2.45) is 5.92 Å². The van der Waals surface area contributed by atoms with Crippen molar-refractivity contribution in [3.05, 3.63) is 36.2 Å². The molecule has 31 heavy (non-hydrogen) atoms. The van der Waals surface area contributed by atoms with E-state index in [4.69, 9.17) is 9.15 Å². The Hall–Kier alpha value is -2.90. The van der Waals surface area contributed by atoms with Crippen LogP contribution >= 0.6 is 0 Å². The van der Waals surface area contributed by atoms with E-state index < -0.39 is 5.60 Å². The van der Waals surface area contributed by atoms with Crippen LogP contribution in [0.2, 0.25) is 0 Å². The minimum Gasteiger partial charge on any atom is -0.444 e. The fraction of sp³-hybridized carbons (Fsp3) is 0.565. The van der Waals surface area contributed by atoms with E-state index in [0.29, 0.717) is 43.5 Å². The second kappa shape index (κ2) is 10.4. The van der Waals surface area contributed by atoms with Gasteiger partial charge in [0.25, 0.3) is 0 Å². The first kappa shape index (κ1) is 22.8. The number of carbonyl (C=O) groups excluding carboxylic acids is 2. The fourth-order valence-electron chi connectivity index (χ4n) is 3.53. The lowest BCUT2D eigenvalue weighted by Gasteiger charge is -2.32. The number of nitrogens with one attached hydrogen (secondary N) is 1. The molecule has 0 unspecified atom stereocenters. The molecule has 0 atom stereocenters.